The lowest BCUT2D eigenvalue weighted by molar-refractivity contribution is -0.141. The molecule has 28 heteroatoms. The molecule has 1 aromatic carbocycles. The summed E-state index contributed by atoms with van der Waals surface area (Å²) in [6.07, 6.45) is 10.5. The summed E-state index contributed by atoms with van der Waals surface area (Å²) in [7, 11) is 0. The summed E-state index contributed by atoms with van der Waals surface area (Å²) in [6, 6.07) is 3.96. The Morgan fingerprint density at radius 1 is 0.560 bits per heavy atom. The molecular weight excluding hydrogens is 1090 g/mol. The number of carbonyl (C=O) groups is 7. The van der Waals surface area contributed by atoms with E-state index < -0.39 is 54.4 Å². The number of aliphatic carboxylic acids is 5. The van der Waals surface area contributed by atoms with E-state index in [1.807, 2.05) is 34.1 Å². The van der Waals surface area contributed by atoms with Gasteiger partial charge in [0.25, 0.3) is 0 Å². The maximum Gasteiger partial charge on any atom is 0.326 e. The normalized spacial score (nSPS) is 17.9. The van der Waals surface area contributed by atoms with Gasteiger partial charge >= 0.3 is 35.9 Å². The van der Waals surface area contributed by atoms with Crippen molar-refractivity contribution in [3.05, 3.63) is 29.8 Å². The third-order valence-corrected chi connectivity index (χ3v) is 15.3. The van der Waals surface area contributed by atoms with Crippen molar-refractivity contribution in [2.45, 2.75) is 121 Å². The number of aromatic nitrogens is 3. The Labute approximate surface area is 493 Å². The molecule has 1 aromatic heterocycles. The number of nitrogens with zero attached hydrogens (tertiary/aromatic N) is 9. The molecule has 28 nitrogen and oxygen atoms in total. The van der Waals surface area contributed by atoms with E-state index in [0.717, 1.165) is 148 Å². The van der Waals surface area contributed by atoms with Gasteiger partial charge in [-0.1, -0.05) is 50.7 Å². The predicted molar refractivity (Wildman–Crippen MR) is 317 cm³/mol. The van der Waals surface area contributed by atoms with Gasteiger partial charge < -0.3 is 73.0 Å². The van der Waals surface area contributed by atoms with Gasteiger partial charge in [0.1, 0.15) is 12.1 Å². The first-order chi connectivity index (χ1) is 40.5. The van der Waals surface area contributed by atoms with E-state index in [1.54, 1.807) is 0 Å². The van der Waals surface area contributed by atoms with Crippen molar-refractivity contribution in [2.75, 3.05) is 153 Å². The maximum atomic E-state index is 12.4. The summed E-state index contributed by atoms with van der Waals surface area (Å²) < 4.78 is 0. The van der Waals surface area contributed by atoms with Gasteiger partial charge in [-0.25, -0.2) is 14.4 Å². The molecule has 0 radical (unpaired) electrons. The Morgan fingerprint density at radius 2 is 1.11 bits per heavy atom. The summed E-state index contributed by atoms with van der Waals surface area (Å²) in [5, 5.41) is 64.6. The Kier molecular flexibility index (Phi) is 31.2. The maximum absolute atomic E-state index is 12.4. The van der Waals surface area contributed by atoms with Crippen molar-refractivity contribution >= 4 is 65.3 Å². The molecule has 0 bridgehead atoms. The standard InChI is InChI=1S/C56H94N16O12/c57-20-11-27-68-32-36-71(37-33-68)55-65-53(61-43-16-14-42(15-17-43)38-44-39-69(40-49(76)77)28-24-58-22-23-59-25-29-72(44)41-50(78)79)64-54(66-55)70-34-30-67(31-35-70)26-10-6-4-2-1-3-5-7-13-47(73)60-21-9-8-12-45(51(80)81)62-56(84)63-46(52(82)83)18-19-48(74)75/h14-17,44-46,58-59H,1-13,18-41,57H2,(H,60,73)(H,74,75)(H,76,77)(H,78,79)(H,80,81)(H,82,83)(H2,62,63,84)(H,61,64,65,66)/t44?,45-,46-/m0/s1. The fourth-order valence-electron chi connectivity index (χ4n) is 10.6. The molecular formula is C56H94N16O12. The second-order valence-electron chi connectivity index (χ2n) is 22.0. The minimum absolute atomic E-state index is 0.0610. The van der Waals surface area contributed by atoms with E-state index in [4.69, 9.17) is 25.8 Å². The van der Waals surface area contributed by atoms with Crippen molar-refractivity contribution in [3.63, 3.8) is 0 Å². The molecule has 13 N–H and O–H groups in total. The molecule has 3 amide bonds. The number of nitrogens with two attached hydrogens (primary N) is 1. The van der Waals surface area contributed by atoms with Crippen LogP contribution in [0.3, 0.4) is 0 Å². The summed E-state index contributed by atoms with van der Waals surface area (Å²) >= 11 is 0. The van der Waals surface area contributed by atoms with E-state index in [9.17, 15) is 54.0 Å². The summed E-state index contributed by atoms with van der Waals surface area (Å²) in [6.45, 7) is 13.5. The highest BCUT2D eigenvalue weighted by Crippen LogP contribution is 2.24. The SMILES string of the molecule is NCCCN1CCN(c2nc(Nc3ccc(CC4CN(CC(=O)O)CCNCCNCCN4CC(=O)O)cc3)nc(N3CCN(CCCCCCCCCCC(=O)NCCCC[C@H](NC(=O)N[C@@H](CCC(=O)O)C(=O)O)C(=O)O)CC3)n2)CC1. The molecule has 0 saturated carbocycles. The van der Waals surface area contributed by atoms with Crippen LogP contribution in [0, 0.1) is 0 Å². The summed E-state index contributed by atoms with van der Waals surface area (Å²) in [5.41, 5.74) is 7.59. The molecule has 3 atom stereocenters. The van der Waals surface area contributed by atoms with Gasteiger partial charge in [0.05, 0.1) is 13.1 Å². The van der Waals surface area contributed by atoms with Crippen LogP contribution < -0.4 is 47.4 Å². The smallest absolute Gasteiger partial charge is 0.326 e. The number of rotatable bonds is 36. The average Bonchev–Trinajstić information content (AvgIpc) is 3.66. The van der Waals surface area contributed by atoms with Crippen LogP contribution in [0.15, 0.2) is 24.3 Å². The van der Waals surface area contributed by atoms with Crippen molar-refractivity contribution < 1.29 is 59.1 Å². The Hall–Kier alpha value is -6.56. The molecule has 84 heavy (non-hydrogen) atoms. The lowest BCUT2D eigenvalue weighted by Gasteiger charge is -2.36. The van der Waals surface area contributed by atoms with Crippen LogP contribution in [0.25, 0.3) is 0 Å². The van der Waals surface area contributed by atoms with E-state index in [0.29, 0.717) is 89.3 Å². The van der Waals surface area contributed by atoms with Crippen LogP contribution in [0.5, 0.6) is 0 Å². The van der Waals surface area contributed by atoms with Crippen molar-refractivity contribution in [1.82, 2.24) is 61.1 Å². The highest BCUT2D eigenvalue weighted by Gasteiger charge is 2.28. The summed E-state index contributed by atoms with van der Waals surface area (Å²) in [5.74, 6) is -4.15. The number of carboxylic acid groups (broad SMARTS) is 5. The van der Waals surface area contributed by atoms with Crippen molar-refractivity contribution in [1.29, 1.82) is 0 Å². The van der Waals surface area contributed by atoms with Gasteiger partial charge in [-0.05, 0) is 88.7 Å². The topological polar surface area (TPSA) is 377 Å². The number of nitrogens with one attached hydrogen (secondary N) is 6. The molecule has 3 aliphatic rings. The molecule has 1 unspecified atom stereocenters. The number of benzene rings is 1. The van der Waals surface area contributed by atoms with Crippen LogP contribution in [-0.4, -0.2) is 257 Å². The van der Waals surface area contributed by atoms with Crippen LogP contribution in [0.4, 0.5) is 28.3 Å². The number of anilines is 4. The zero-order valence-electron chi connectivity index (χ0n) is 48.9. The minimum atomic E-state index is -1.48. The predicted octanol–water partition coefficient (Wildman–Crippen LogP) is 0.953. The Morgan fingerprint density at radius 3 is 1.67 bits per heavy atom. The molecule has 0 spiro atoms. The number of hydrogen-bond donors (Lipinski definition) is 12. The Bertz CT molecular complexity index is 2330. The highest BCUT2D eigenvalue weighted by atomic mass is 16.4. The van der Waals surface area contributed by atoms with Crippen molar-refractivity contribution in [2.24, 2.45) is 5.73 Å². The lowest BCUT2D eigenvalue weighted by atomic mass is 10.0. The molecule has 3 fully saturated rings. The molecule has 5 rings (SSSR count). The molecule has 3 aliphatic heterocycles. The van der Waals surface area contributed by atoms with Crippen LogP contribution in [0.1, 0.15) is 102 Å². The number of hydrogen-bond acceptors (Lipinski definition) is 20. The zero-order chi connectivity index (χ0) is 60.5. The number of piperazine rings is 2. The quantitative estimate of drug-likeness (QED) is 0.0423. The summed E-state index contributed by atoms with van der Waals surface area (Å²) in [4.78, 5) is 111. The largest absolute Gasteiger partial charge is 0.481 e. The molecule has 2 aromatic rings. The zero-order valence-corrected chi connectivity index (χ0v) is 48.9. The minimum Gasteiger partial charge on any atom is -0.481 e. The fourth-order valence-corrected chi connectivity index (χ4v) is 10.6. The monoisotopic (exact) mass is 1180 g/mol. The molecule has 0 aliphatic carbocycles. The average molecular weight is 1180 g/mol. The number of urea groups is 1. The fraction of sp³-hybridized carbons (Fsp3) is 0.714. The van der Waals surface area contributed by atoms with E-state index in [-0.39, 0.29) is 37.9 Å². The van der Waals surface area contributed by atoms with Crippen LogP contribution in [0.2, 0.25) is 0 Å². The van der Waals surface area contributed by atoms with E-state index in [2.05, 4.69) is 51.5 Å². The van der Waals surface area contributed by atoms with Gasteiger partial charge in [-0.15, -0.1) is 0 Å². The van der Waals surface area contributed by atoms with Crippen LogP contribution >= 0.6 is 0 Å². The molecule has 470 valence electrons. The molecule has 3 saturated heterocycles. The van der Waals surface area contributed by atoms with Crippen molar-refractivity contribution in [3.8, 4) is 0 Å². The van der Waals surface area contributed by atoms with Gasteiger partial charge in [-0.2, -0.15) is 15.0 Å². The van der Waals surface area contributed by atoms with E-state index >= 15 is 0 Å². The second kappa shape index (κ2) is 38.4. The lowest BCUT2D eigenvalue weighted by Crippen LogP contribution is -2.52. The van der Waals surface area contributed by atoms with Gasteiger partial charge in [0.2, 0.25) is 23.8 Å². The third-order valence-electron chi connectivity index (χ3n) is 15.3. The van der Waals surface area contributed by atoms with E-state index in [1.165, 1.54) is 0 Å². The highest BCUT2D eigenvalue weighted by molar-refractivity contribution is 5.86. The Balaban J connectivity index is 1.02. The number of amides is 3. The van der Waals surface area contributed by atoms with Gasteiger partial charge in [-0.3, -0.25) is 38.8 Å². The second-order valence-corrected chi connectivity index (χ2v) is 22.0. The first kappa shape index (κ1) is 68.2. The number of unbranched alkanes of at least 4 members (excludes halogenated alkanes) is 8. The number of carbonyl (C=O) groups excluding carboxylic acids is 2. The number of carboxylic acids is 5. The van der Waals surface area contributed by atoms with Gasteiger partial charge in [0, 0.05) is 129 Å². The third kappa shape index (κ3) is 27.0. The first-order valence-corrected chi connectivity index (χ1v) is 30.1. The van der Waals surface area contributed by atoms with Crippen LogP contribution in [-0.2, 0) is 35.2 Å². The molecule has 4 heterocycles. The first-order valence-electron chi connectivity index (χ1n) is 30.1. The van der Waals surface area contributed by atoms with Gasteiger partial charge in [0.15, 0.2) is 0 Å².